The van der Waals surface area contributed by atoms with Gasteiger partial charge in [-0.05, 0) is 23.8 Å². The number of carbonyl (C=O) groups is 2. The molecule has 1 aliphatic rings. The normalized spacial score (nSPS) is 16.7. The molecular weight excluding hydrogens is 344 g/mol. The SMILES string of the molecule is O=C(Nc1ccc2nc[nH]c(=O)c2c1)[C@H]1CC(=O)N(Cc2ccccc2)C1. The maximum absolute atomic E-state index is 12.6. The van der Waals surface area contributed by atoms with E-state index in [4.69, 9.17) is 0 Å². The van der Waals surface area contributed by atoms with Crippen LogP contribution in [0.25, 0.3) is 10.9 Å². The monoisotopic (exact) mass is 362 g/mol. The zero-order valence-corrected chi connectivity index (χ0v) is 14.5. The number of anilines is 1. The largest absolute Gasteiger partial charge is 0.338 e. The fourth-order valence-corrected chi connectivity index (χ4v) is 3.30. The molecular formula is C20H18N4O3. The van der Waals surface area contributed by atoms with Gasteiger partial charge in [0, 0.05) is 25.2 Å². The Kier molecular flexibility index (Phi) is 4.42. The Morgan fingerprint density at radius 2 is 2.00 bits per heavy atom. The molecule has 1 saturated heterocycles. The highest BCUT2D eigenvalue weighted by molar-refractivity contribution is 5.98. The predicted molar refractivity (Wildman–Crippen MR) is 101 cm³/mol. The van der Waals surface area contributed by atoms with Crippen LogP contribution < -0.4 is 10.9 Å². The van der Waals surface area contributed by atoms with Crippen LogP contribution in [-0.4, -0.2) is 33.2 Å². The first kappa shape index (κ1) is 17.0. The van der Waals surface area contributed by atoms with Gasteiger partial charge in [0.1, 0.15) is 0 Å². The minimum absolute atomic E-state index is 0.0295. The Morgan fingerprint density at radius 3 is 2.81 bits per heavy atom. The summed E-state index contributed by atoms with van der Waals surface area (Å²) in [6.45, 7) is 0.885. The highest BCUT2D eigenvalue weighted by Gasteiger charge is 2.34. The third-order valence-electron chi connectivity index (χ3n) is 4.71. The van der Waals surface area contributed by atoms with E-state index in [1.807, 2.05) is 30.3 Å². The van der Waals surface area contributed by atoms with Crippen molar-refractivity contribution in [1.82, 2.24) is 14.9 Å². The summed E-state index contributed by atoms with van der Waals surface area (Å²) in [6, 6.07) is 14.7. The molecule has 0 spiro atoms. The molecule has 0 saturated carbocycles. The maximum Gasteiger partial charge on any atom is 0.258 e. The summed E-state index contributed by atoms with van der Waals surface area (Å²) in [5.41, 5.74) is 1.84. The van der Waals surface area contributed by atoms with Crippen molar-refractivity contribution < 1.29 is 9.59 Å². The molecule has 4 rings (SSSR count). The number of likely N-dealkylation sites (tertiary alicyclic amines) is 1. The second-order valence-corrected chi connectivity index (χ2v) is 6.61. The summed E-state index contributed by atoms with van der Waals surface area (Å²) in [5, 5.41) is 3.22. The van der Waals surface area contributed by atoms with Crippen molar-refractivity contribution in [2.24, 2.45) is 5.92 Å². The van der Waals surface area contributed by atoms with E-state index < -0.39 is 5.92 Å². The van der Waals surface area contributed by atoms with Gasteiger partial charge < -0.3 is 15.2 Å². The van der Waals surface area contributed by atoms with Crippen LogP contribution in [-0.2, 0) is 16.1 Å². The van der Waals surface area contributed by atoms with E-state index in [-0.39, 0.29) is 23.8 Å². The summed E-state index contributed by atoms with van der Waals surface area (Å²) in [4.78, 5) is 45.0. The number of carbonyl (C=O) groups excluding carboxylic acids is 2. The molecule has 2 heterocycles. The van der Waals surface area contributed by atoms with Gasteiger partial charge in [-0.2, -0.15) is 0 Å². The number of aromatic amines is 1. The van der Waals surface area contributed by atoms with E-state index in [0.717, 1.165) is 5.56 Å². The standard InChI is InChI=1S/C20H18N4O3/c25-18-8-14(11-24(18)10-13-4-2-1-3-5-13)19(26)23-15-6-7-17-16(9-15)20(27)22-12-21-17/h1-7,9,12,14H,8,10-11H2,(H,23,26)(H,21,22,27)/t14-/m0/s1. The van der Waals surface area contributed by atoms with Crippen molar-refractivity contribution in [2.45, 2.75) is 13.0 Å². The lowest BCUT2D eigenvalue weighted by Gasteiger charge is -2.16. The Morgan fingerprint density at radius 1 is 1.19 bits per heavy atom. The van der Waals surface area contributed by atoms with Crippen molar-refractivity contribution in [1.29, 1.82) is 0 Å². The Balaban J connectivity index is 1.45. The van der Waals surface area contributed by atoms with Crippen LogP contribution in [0.3, 0.4) is 0 Å². The third-order valence-corrected chi connectivity index (χ3v) is 4.71. The van der Waals surface area contributed by atoms with E-state index in [1.54, 1.807) is 23.1 Å². The van der Waals surface area contributed by atoms with Crippen LogP contribution in [0.1, 0.15) is 12.0 Å². The van der Waals surface area contributed by atoms with Gasteiger partial charge in [0.15, 0.2) is 0 Å². The zero-order valence-electron chi connectivity index (χ0n) is 14.5. The summed E-state index contributed by atoms with van der Waals surface area (Å²) >= 11 is 0. The molecule has 0 unspecified atom stereocenters. The van der Waals surface area contributed by atoms with Crippen LogP contribution >= 0.6 is 0 Å². The molecule has 7 heteroatoms. The third kappa shape index (κ3) is 3.57. The molecule has 2 N–H and O–H groups in total. The highest BCUT2D eigenvalue weighted by atomic mass is 16.2. The second-order valence-electron chi connectivity index (χ2n) is 6.61. The molecule has 27 heavy (non-hydrogen) atoms. The van der Waals surface area contributed by atoms with Crippen LogP contribution in [0.5, 0.6) is 0 Å². The van der Waals surface area contributed by atoms with Crippen molar-refractivity contribution in [3.05, 3.63) is 70.8 Å². The molecule has 0 radical (unpaired) electrons. The first-order valence-electron chi connectivity index (χ1n) is 8.70. The van der Waals surface area contributed by atoms with Crippen LogP contribution in [0.15, 0.2) is 59.7 Å². The van der Waals surface area contributed by atoms with Crippen LogP contribution in [0, 0.1) is 5.92 Å². The fourth-order valence-electron chi connectivity index (χ4n) is 3.30. The maximum atomic E-state index is 12.6. The van der Waals surface area contributed by atoms with E-state index in [1.165, 1.54) is 6.33 Å². The number of hydrogen-bond acceptors (Lipinski definition) is 4. The number of nitrogens with zero attached hydrogens (tertiary/aromatic N) is 2. The number of hydrogen-bond donors (Lipinski definition) is 2. The van der Waals surface area contributed by atoms with Crippen molar-refractivity contribution >= 4 is 28.4 Å². The molecule has 1 aromatic heterocycles. The van der Waals surface area contributed by atoms with Crippen molar-refractivity contribution in [3.63, 3.8) is 0 Å². The summed E-state index contributed by atoms with van der Waals surface area (Å²) < 4.78 is 0. The van der Waals surface area contributed by atoms with Gasteiger partial charge in [-0.25, -0.2) is 4.98 Å². The van der Waals surface area contributed by atoms with Crippen molar-refractivity contribution in [3.8, 4) is 0 Å². The molecule has 1 atom stereocenters. The zero-order chi connectivity index (χ0) is 18.8. The van der Waals surface area contributed by atoms with Crippen molar-refractivity contribution in [2.75, 3.05) is 11.9 Å². The minimum Gasteiger partial charge on any atom is -0.338 e. The number of fused-ring (bicyclic) bond motifs is 1. The number of H-pyrrole nitrogens is 1. The van der Waals surface area contributed by atoms with Gasteiger partial charge in [-0.1, -0.05) is 30.3 Å². The van der Waals surface area contributed by atoms with Crippen LogP contribution in [0.4, 0.5) is 5.69 Å². The molecule has 7 nitrogen and oxygen atoms in total. The molecule has 0 aliphatic carbocycles. The smallest absolute Gasteiger partial charge is 0.258 e. The first-order valence-corrected chi connectivity index (χ1v) is 8.70. The molecule has 1 aliphatic heterocycles. The van der Waals surface area contributed by atoms with Gasteiger partial charge in [0.05, 0.1) is 23.1 Å². The lowest BCUT2D eigenvalue weighted by atomic mass is 10.1. The number of amides is 2. The van der Waals surface area contributed by atoms with E-state index in [0.29, 0.717) is 29.7 Å². The predicted octanol–water partition coefficient (Wildman–Crippen LogP) is 1.91. The lowest BCUT2D eigenvalue weighted by molar-refractivity contribution is -0.128. The van der Waals surface area contributed by atoms with Gasteiger partial charge in [-0.3, -0.25) is 14.4 Å². The molecule has 2 amide bonds. The average molecular weight is 362 g/mol. The summed E-state index contributed by atoms with van der Waals surface area (Å²) in [5.74, 6) is -0.666. The number of aromatic nitrogens is 2. The molecule has 2 aromatic carbocycles. The number of benzene rings is 2. The molecule has 3 aromatic rings. The van der Waals surface area contributed by atoms with Crippen LogP contribution in [0.2, 0.25) is 0 Å². The van der Waals surface area contributed by atoms with Gasteiger partial charge >= 0.3 is 0 Å². The second kappa shape index (κ2) is 7.03. The Bertz CT molecular complexity index is 1060. The fraction of sp³-hybridized carbons (Fsp3) is 0.200. The van der Waals surface area contributed by atoms with E-state index in [9.17, 15) is 14.4 Å². The highest BCUT2D eigenvalue weighted by Crippen LogP contribution is 2.22. The van der Waals surface area contributed by atoms with E-state index in [2.05, 4.69) is 15.3 Å². The number of nitrogens with one attached hydrogen (secondary N) is 2. The molecule has 136 valence electrons. The summed E-state index contributed by atoms with van der Waals surface area (Å²) in [6.07, 6.45) is 1.53. The molecule has 0 bridgehead atoms. The first-order chi connectivity index (χ1) is 13.1. The quantitative estimate of drug-likeness (QED) is 0.741. The average Bonchev–Trinajstić information content (AvgIpc) is 3.04. The minimum atomic E-state index is -0.413. The topological polar surface area (TPSA) is 95.2 Å². The lowest BCUT2D eigenvalue weighted by Crippen LogP contribution is -2.28. The molecule has 1 fully saturated rings. The number of rotatable bonds is 4. The van der Waals surface area contributed by atoms with E-state index >= 15 is 0 Å². The summed E-state index contributed by atoms with van der Waals surface area (Å²) in [7, 11) is 0. The van der Waals surface area contributed by atoms with Gasteiger partial charge in [-0.15, -0.1) is 0 Å². The Labute approximate surface area is 155 Å². The Hall–Kier alpha value is -3.48. The van der Waals surface area contributed by atoms with Gasteiger partial charge in [0.25, 0.3) is 5.56 Å². The van der Waals surface area contributed by atoms with Gasteiger partial charge in [0.2, 0.25) is 11.8 Å².